The summed E-state index contributed by atoms with van der Waals surface area (Å²) in [7, 11) is 1.40. The van der Waals surface area contributed by atoms with E-state index in [1.165, 1.54) is 130 Å². The number of methoxy groups -OCH3 is 1. The van der Waals surface area contributed by atoms with Crippen molar-refractivity contribution in [1.29, 1.82) is 0 Å². The number of aliphatic hydroxyl groups is 2. The normalized spacial score (nSPS) is 29.1. The molecule has 2 unspecified atom stereocenters. The van der Waals surface area contributed by atoms with Crippen LogP contribution in [0.15, 0.2) is 0 Å². The smallest absolute Gasteiger partial charge is 0.410 e. The number of carbonyl (C=O) groups is 6. The summed E-state index contributed by atoms with van der Waals surface area (Å²) in [5, 5.41) is 29.6. The minimum absolute atomic E-state index is 0.0423. The van der Waals surface area contributed by atoms with E-state index in [0.29, 0.717) is 62.1 Å². The fraction of sp³-hybridized carbons (Fsp3) is 0.923. The quantitative estimate of drug-likeness (QED) is 0.0572. The molecular weight excluding hydrogens is 1230 g/mol. The van der Waals surface area contributed by atoms with Gasteiger partial charge in [0.15, 0.2) is 0 Å². The Morgan fingerprint density at radius 2 is 0.907 bits per heavy atom. The zero-order valence-corrected chi connectivity index (χ0v) is 66.1. The first kappa shape index (κ1) is 95.0. The van der Waals surface area contributed by atoms with Gasteiger partial charge in [0, 0.05) is 69.7 Å². The first-order valence-corrected chi connectivity index (χ1v) is 40.0. The molecule has 0 bridgehead atoms. The summed E-state index contributed by atoms with van der Waals surface area (Å²) in [5.41, 5.74) is 0. The number of β-amino-alcohol motifs (C(OH)–C–C–N with tert-alkyl or cyclic N) is 1. The molecule has 6 N–H and O–H groups in total. The third-order valence-electron chi connectivity index (χ3n) is 19.9. The predicted octanol–water partition coefficient (Wildman–Crippen LogP) is 17.3. The third-order valence-corrected chi connectivity index (χ3v) is 19.9. The topological polar surface area (TPSA) is 238 Å². The van der Waals surface area contributed by atoms with Crippen molar-refractivity contribution < 1.29 is 57.9 Å². The van der Waals surface area contributed by atoms with Gasteiger partial charge in [-0.25, -0.2) is 19.2 Å². The van der Waals surface area contributed by atoms with E-state index in [2.05, 4.69) is 72.4 Å². The molecule has 0 spiro atoms. The number of hydrogen-bond donors (Lipinski definition) is 6. The maximum atomic E-state index is 11.5. The Morgan fingerprint density at radius 3 is 1.28 bits per heavy atom. The maximum Gasteiger partial charge on any atom is 0.410 e. The van der Waals surface area contributed by atoms with E-state index in [9.17, 15) is 33.9 Å². The molecule has 10 fully saturated rings. The van der Waals surface area contributed by atoms with Crippen molar-refractivity contribution in [1.82, 2.24) is 36.0 Å². The van der Waals surface area contributed by atoms with E-state index in [4.69, 9.17) is 19.3 Å². The molecule has 97 heavy (non-hydrogen) atoms. The van der Waals surface area contributed by atoms with Gasteiger partial charge in [0.2, 0.25) is 5.91 Å². The second-order valence-corrected chi connectivity index (χ2v) is 27.7. The number of urea groups is 1. The summed E-state index contributed by atoms with van der Waals surface area (Å²) in [6, 6.07) is 2.50. The molecule has 10 aliphatic rings. The van der Waals surface area contributed by atoms with Crippen LogP contribution in [0.1, 0.15) is 311 Å². The molecule has 0 aromatic heterocycles. The molecule has 2 atom stereocenters. The van der Waals surface area contributed by atoms with Gasteiger partial charge in [-0.05, 0) is 208 Å². The van der Waals surface area contributed by atoms with Gasteiger partial charge in [-0.15, -0.1) is 0 Å². The predicted molar refractivity (Wildman–Crippen MR) is 400 cm³/mol. The van der Waals surface area contributed by atoms with Crippen molar-refractivity contribution in [2.24, 2.45) is 47.3 Å². The van der Waals surface area contributed by atoms with Crippen LogP contribution < -0.4 is 21.3 Å². The fourth-order valence-corrected chi connectivity index (χ4v) is 13.5. The second-order valence-electron chi connectivity index (χ2n) is 27.7. The second kappa shape index (κ2) is 59.6. The van der Waals surface area contributed by atoms with Crippen molar-refractivity contribution in [2.45, 2.75) is 354 Å². The number of amides is 6. The summed E-state index contributed by atoms with van der Waals surface area (Å²) in [5.74, 6) is 5.96. The molecule has 3 saturated heterocycles. The van der Waals surface area contributed by atoms with Crippen LogP contribution in [0.5, 0.6) is 0 Å². The number of aliphatic hydroxyl groups excluding tert-OH is 2. The number of ether oxygens (including phenoxy) is 4. The molecule has 6 amide bonds. The van der Waals surface area contributed by atoms with Crippen molar-refractivity contribution in [2.75, 3.05) is 66.2 Å². The lowest BCUT2D eigenvalue weighted by Gasteiger charge is -2.33. The molecule has 19 nitrogen and oxygen atoms in total. The SMILES string of the molecule is CC.CC.CC.CC.CC.CC.CC(=O)NCCOC(=O)CC1CCC(C)CC1.CC1CCC(N2CC(CO)OC2=O)CC1.CC1CCC(N2CCC(O)C2)CC1.CC1CCC(N2CCNC2=O)CC1.CC1CCC(NC(=O)OCC2CC2)CC1.COC(=O)NC1CCC(C)CC1. The number of alkyl carbamates (subject to hydrolysis) is 2. The summed E-state index contributed by atoms with van der Waals surface area (Å²) in [4.78, 5) is 73.5. The minimum atomic E-state index is -0.308. The van der Waals surface area contributed by atoms with Gasteiger partial charge in [-0.1, -0.05) is 137 Å². The highest BCUT2D eigenvalue weighted by molar-refractivity contribution is 5.76. The van der Waals surface area contributed by atoms with Crippen molar-refractivity contribution in [3.63, 3.8) is 0 Å². The lowest BCUT2D eigenvalue weighted by Crippen LogP contribution is -2.40. The fourth-order valence-electron chi connectivity index (χ4n) is 13.5. The number of nitrogens with one attached hydrogen (secondary N) is 4. The van der Waals surface area contributed by atoms with Crippen LogP contribution in [0.25, 0.3) is 0 Å². The van der Waals surface area contributed by atoms with Gasteiger partial charge in [-0.2, -0.15) is 0 Å². The van der Waals surface area contributed by atoms with E-state index in [0.717, 1.165) is 126 Å². The van der Waals surface area contributed by atoms with Crippen LogP contribution >= 0.6 is 0 Å². The summed E-state index contributed by atoms with van der Waals surface area (Å²) in [6.07, 6.45) is 31.9. The van der Waals surface area contributed by atoms with Gasteiger partial charge in [0.1, 0.15) is 12.7 Å². The number of esters is 1. The highest BCUT2D eigenvalue weighted by Gasteiger charge is 2.37. The number of likely N-dealkylation sites (tertiary alicyclic amines) is 1. The van der Waals surface area contributed by atoms with Gasteiger partial charge in [0.25, 0.3) is 0 Å². The molecule has 574 valence electrons. The van der Waals surface area contributed by atoms with Crippen molar-refractivity contribution >= 4 is 36.2 Å². The molecule has 3 aliphatic heterocycles. The molecule has 0 aromatic rings. The Kier molecular flexibility index (Phi) is 58.3. The number of hydrogen-bond acceptors (Lipinski definition) is 13. The number of cyclic esters (lactones) is 1. The zero-order chi connectivity index (χ0) is 73.7. The van der Waals surface area contributed by atoms with Crippen molar-refractivity contribution in [3.8, 4) is 0 Å². The summed E-state index contributed by atoms with van der Waals surface area (Å²) in [6.45, 7) is 44.8. The van der Waals surface area contributed by atoms with Crippen LogP contribution in [0, 0.1) is 47.3 Å². The first-order chi connectivity index (χ1) is 46.8. The lowest BCUT2D eigenvalue weighted by atomic mass is 9.81. The van der Waals surface area contributed by atoms with Gasteiger partial charge in [-0.3, -0.25) is 14.5 Å². The molecule has 3 heterocycles. The van der Waals surface area contributed by atoms with E-state index >= 15 is 0 Å². The van der Waals surface area contributed by atoms with Crippen molar-refractivity contribution in [3.05, 3.63) is 0 Å². The molecular formula is C78H155N7O12. The van der Waals surface area contributed by atoms with Gasteiger partial charge < -0.3 is 60.2 Å². The lowest BCUT2D eigenvalue weighted by molar-refractivity contribution is -0.145. The third kappa shape index (κ3) is 44.0. The number of carbonyl (C=O) groups excluding carboxylic acids is 6. The molecule has 0 radical (unpaired) electrons. The van der Waals surface area contributed by atoms with Crippen LogP contribution in [0.2, 0.25) is 0 Å². The van der Waals surface area contributed by atoms with Crippen LogP contribution in [-0.2, 0) is 28.5 Å². The Bertz CT molecular complexity index is 1920. The average molecular weight is 1380 g/mol. The van der Waals surface area contributed by atoms with Crippen LogP contribution in [0.4, 0.5) is 19.2 Å². The highest BCUT2D eigenvalue weighted by Crippen LogP contribution is 2.34. The van der Waals surface area contributed by atoms with E-state index in [1.54, 1.807) is 4.90 Å². The minimum Gasteiger partial charge on any atom is -0.464 e. The average Bonchev–Trinajstić information content (AvgIpc) is 1.76. The molecule has 7 saturated carbocycles. The molecule has 0 aromatic carbocycles. The Morgan fingerprint density at radius 1 is 0.505 bits per heavy atom. The monoisotopic (exact) mass is 1380 g/mol. The first-order valence-electron chi connectivity index (χ1n) is 40.0. The number of rotatable bonds is 13. The summed E-state index contributed by atoms with van der Waals surface area (Å²) < 4.78 is 19.8. The standard InChI is InChI=1S/C13H23NO3.C12H21NO2.C11H19NO3.C11H21NO.C10H18N2O.C9H17NO2.6C2H6/c1-10-3-5-12(6-4-10)9-13(16)17-8-7-14-11(2)15;1-9-2-6-11(7-3-9)13-12(14)15-8-10-4-5-10;1-8-2-4-9(5-3-8)12-6-10(7-13)15-11(12)14;1-9-2-4-10(5-3-9)12-7-6-11(13)8-12;1-8-2-4-9(5-3-8)12-7-6-11-10(12)13;1-7-3-5-8(6-4-7)10-9(11)12-2;6*1-2/h10,12H,3-9H2,1-2H3,(H,14,15);9-11H,2-8H2,1H3,(H,13,14);8-10,13H,2-7H2,1H3;9-11,13H,2-8H2,1H3;8-9H,2-7H2,1H3,(H,11,13);7-8H,3-6H2,1-2H3,(H,10,11);6*1-2H3. The number of nitrogens with zero attached hydrogens (tertiary/aromatic N) is 3. The Labute approximate surface area is 594 Å². The maximum absolute atomic E-state index is 11.5. The summed E-state index contributed by atoms with van der Waals surface area (Å²) >= 11 is 0. The molecule has 10 rings (SSSR count). The van der Waals surface area contributed by atoms with Gasteiger partial charge in [0.05, 0.1) is 39.5 Å². The van der Waals surface area contributed by atoms with Crippen LogP contribution in [0.3, 0.4) is 0 Å². The van der Waals surface area contributed by atoms with Gasteiger partial charge >= 0.3 is 30.3 Å². The highest BCUT2D eigenvalue weighted by atomic mass is 16.6. The largest absolute Gasteiger partial charge is 0.464 e. The van der Waals surface area contributed by atoms with E-state index in [1.807, 2.05) is 88.0 Å². The van der Waals surface area contributed by atoms with E-state index < -0.39 is 0 Å². The molecule has 19 heteroatoms. The van der Waals surface area contributed by atoms with Crippen LogP contribution in [-0.4, -0.2) is 170 Å². The van der Waals surface area contributed by atoms with E-state index in [-0.39, 0.29) is 61.6 Å². The Balaban J connectivity index is 0. The zero-order valence-electron chi connectivity index (χ0n) is 66.1. The Hall–Kier alpha value is -4.10. The molecule has 7 aliphatic carbocycles.